The smallest absolute Gasteiger partial charge is 0.195 e. The van der Waals surface area contributed by atoms with Crippen molar-refractivity contribution in [2.75, 3.05) is 32.2 Å². The third kappa shape index (κ3) is 4.01. The van der Waals surface area contributed by atoms with Crippen LogP contribution in [0.3, 0.4) is 0 Å². The summed E-state index contributed by atoms with van der Waals surface area (Å²) in [4.78, 5) is 7.02. The van der Waals surface area contributed by atoms with Gasteiger partial charge in [0.1, 0.15) is 0 Å². The van der Waals surface area contributed by atoms with Crippen LogP contribution in [0.15, 0.2) is 30.3 Å². The molecule has 0 radical (unpaired) electrons. The van der Waals surface area contributed by atoms with Crippen molar-refractivity contribution < 1.29 is 14.6 Å². The molecule has 1 aliphatic rings. The Hall–Kier alpha value is -2.49. The first kappa shape index (κ1) is 18.3. The van der Waals surface area contributed by atoms with Gasteiger partial charge in [0.25, 0.3) is 0 Å². The van der Waals surface area contributed by atoms with Crippen LogP contribution in [0, 0.1) is 6.57 Å². The Morgan fingerprint density at radius 2 is 1.92 bits per heavy atom. The van der Waals surface area contributed by atoms with Crippen LogP contribution in [0.2, 0.25) is 0 Å². The number of nitrogens with zero attached hydrogens (tertiary/aromatic N) is 2. The Balaban J connectivity index is 1.83. The molecule has 0 amide bonds. The van der Waals surface area contributed by atoms with E-state index in [2.05, 4.69) is 15.8 Å². The highest BCUT2D eigenvalue weighted by molar-refractivity contribution is 7.17. The fourth-order valence-corrected chi connectivity index (χ4v) is 3.98. The van der Waals surface area contributed by atoms with Gasteiger partial charge in [0.05, 0.1) is 31.9 Å². The van der Waals surface area contributed by atoms with Gasteiger partial charge < -0.3 is 19.5 Å². The highest BCUT2D eigenvalue weighted by atomic mass is 32.1. The summed E-state index contributed by atoms with van der Waals surface area (Å²) >= 11 is 1.67. The normalized spacial score (nSPS) is 15.6. The largest absolute Gasteiger partial charge is 0.493 e. The summed E-state index contributed by atoms with van der Waals surface area (Å²) in [5.41, 5.74) is 1.36. The molecule has 1 saturated heterocycles. The van der Waals surface area contributed by atoms with E-state index in [1.54, 1.807) is 25.6 Å². The van der Waals surface area contributed by atoms with Gasteiger partial charge in [-0.05, 0) is 48.7 Å². The van der Waals surface area contributed by atoms with Crippen LogP contribution in [-0.2, 0) is 0 Å². The lowest BCUT2D eigenvalue weighted by Crippen LogP contribution is -2.35. The van der Waals surface area contributed by atoms with Gasteiger partial charge >= 0.3 is 0 Å². The fourth-order valence-electron chi connectivity index (χ4n) is 2.99. The van der Waals surface area contributed by atoms with E-state index in [1.807, 2.05) is 30.3 Å². The van der Waals surface area contributed by atoms with Crippen molar-refractivity contribution in [3.63, 3.8) is 0 Å². The molecular formula is C20H22N2O3S. The van der Waals surface area contributed by atoms with Crippen LogP contribution < -0.4 is 14.4 Å². The van der Waals surface area contributed by atoms with E-state index in [4.69, 9.17) is 16.0 Å². The standard InChI is InChI=1S/C20H22N2O3S/c1-21-17(14-4-6-18(24-2)19(12-14)25-3)13-16-5-7-20(26-16)22-10-8-15(23)9-11-22/h4-7,12-13,15,23H,8-11H2,2-3H3/b17-13-. The van der Waals surface area contributed by atoms with Crippen LogP contribution in [0.1, 0.15) is 23.3 Å². The van der Waals surface area contributed by atoms with Gasteiger partial charge in [-0.15, -0.1) is 11.3 Å². The number of hydrogen-bond acceptors (Lipinski definition) is 5. The molecule has 26 heavy (non-hydrogen) atoms. The van der Waals surface area contributed by atoms with Crippen LogP contribution >= 0.6 is 11.3 Å². The van der Waals surface area contributed by atoms with Crippen LogP contribution in [0.4, 0.5) is 5.00 Å². The zero-order valence-corrected chi connectivity index (χ0v) is 15.8. The van der Waals surface area contributed by atoms with E-state index in [9.17, 15) is 5.11 Å². The minimum absolute atomic E-state index is 0.177. The second-order valence-electron chi connectivity index (χ2n) is 6.11. The van der Waals surface area contributed by atoms with Gasteiger partial charge in [0.15, 0.2) is 17.2 Å². The van der Waals surface area contributed by atoms with Crippen molar-refractivity contribution in [1.29, 1.82) is 0 Å². The van der Waals surface area contributed by atoms with E-state index < -0.39 is 0 Å². The molecule has 0 aliphatic carbocycles. The molecular weight excluding hydrogens is 348 g/mol. The predicted octanol–water partition coefficient (Wildman–Crippen LogP) is 4.14. The van der Waals surface area contributed by atoms with Crippen LogP contribution in [0.25, 0.3) is 16.6 Å². The Morgan fingerprint density at radius 3 is 2.58 bits per heavy atom. The predicted molar refractivity (Wildman–Crippen MR) is 106 cm³/mol. The Morgan fingerprint density at radius 1 is 1.19 bits per heavy atom. The molecule has 5 nitrogen and oxygen atoms in total. The average molecular weight is 370 g/mol. The van der Waals surface area contributed by atoms with E-state index in [0.717, 1.165) is 36.4 Å². The first-order chi connectivity index (χ1) is 12.6. The second kappa shape index (κ2) is 8.26. The summed E-state index contributed by atoms with van der Waals surface area (Å²) in [6.45, 7) is 9.29. The Kier molecular flexibility index (Phi) is 5.82. The molecule has 0 saturated carbocycles. The second-order valence-corrected chi connectivity index (χ2v) is 7.20. The lowest BCUT2D eigenvalue weighted by Gasteiger charge is -2.30. The van der Waals surface area contributed by atoms with Gasteiger partial charge in [0, 0.05) is 18.0 Å². The van der Waals surface area contributed by atoms with Gasteiger partial charge in [-0.25, -0.2) is 4.85 Å². The molecule has 2 aromatic rings. The highest BCUT2D eigenvalue weighted by Crippen LogP contribution is 2.34. The number of ether oxygens (including phenoxy) is 2. The summed E-state index contributed by atoms with van der Waals surface area (Å²) in [5, 5.41) is 10.8. The highest BCUT2D eigenvalue weighted by Gasteiger charge is 2.18. The zero-order chi connectivity index (χ0) is 18.5. The molecule has 0 spiro atoms. The summed E-state index contributed by atoms with van der Waals surface area (Å²) in [6.07, 6.45) is 3.34. The van der Waals surface area contributed by atoms with E-state index in [-0.39, 0.29) is 6.10 Å². The lowest BCUT2D eigenvalue weighted by molar-refractivity contribution is 0.145. The average Bonchev–Trinajstić information content (AvgIpc) is 3.14. The van der Waals surface area contributed by atoms with Crippen molar-refractivity contribution in [2.45, 2.75) is 18.9 Å². The van der Waals surface area contributed by atoms with E-state index >= 15 is 0 Å². The monoisotopic (exact) mass is 370 g/mol. The first-order valence-corrected chi connectivity index (χ1v) is 9.30. The van der Waals surface area contributed by atoms with E-state index in [0.29, 0.717) is 17.2 Å². The van der Waals surface area contributed by atoms with Crippen molar-refractivity contribution in [2.24, 2.45) is 0 Å². The van der Waals surface area contributed by atoms with Crippen molar-refractivity contribution in [3.05, 3.63) is 52.2 Å². The third-order valence-electron chi connectivity index (χ3n) is 4.47. The number of anilines is 1. The molecule has 136 valence electrons. The maximum Gasteiger partial charge on any atom is 0.195 e. The lowest BCUT2D eigenvalue weighted by atomic mass is 10.1. The Labute approximate surface area is 157 Å². The summed E-state index contributed by atoms with van der Waals surface area (Å²) in [7, 11) is 3.18. The number of rotatable bonds is 5. The fraction of sp³-hybridized carbons (Fsp3) is 0.350. The number of hydrogen-bond donors (Lipinski definition) is 1. The van der Waals surface area contributed by atoms with Crippen LogP contribution in [0.5, 0.6) is 11.5 Å². The molecule has 1 aromatic carbocycles. The molecule has 0 unspecified atom stereocenters. The maximum absolute atomic E-state index is 9.65. The molecule has 1 N–H and O–H groups in total. The summed E-state index contributed by atoms with van der Waals surface area (Å²) < 4.78 is 10.6. The SMILES string of the molecule is [C-]#[N+]/C(=C\c1ccc(N2CCC(O)CC2)s1)c1ccc(OC)c(OC)c1. The van der Waals surface area contributed by atoms with Gasteiger partial charge in [0.2, 0.25) is 0 Å². The molecule has 0 atom stereocenters. The number of benzene rings is 1. The summed E-state index contributed by atoms with van der Waals surface area (Å²) in [6, 6.07) is 9.63. The zero-order valence-electron chi connectivity index (χ0n) is 14.9. The van der Waals surface area contributed by atoms with Crippen molar-refractivity contribution in [1.82, 2.24) is 0 Å². The van der Waals surface area contributed by atoms with Crippen molar-refractivity contribution >= 4 is 28.1 Å². The van der Waals surface area contributed by atoms with Crippen LogP contribution in [-0.4, -0.2) is 38.5 Å². The van der Waals surface area contributed by atoms with E-state index in [1.165, 1.54) is 5.00 Å². The number of methoxy groups -OCH3 is 2. The van der Waals surface area contributed by atoms with Gasteiger partial charge in [-0.3, -0.25) is 0 Å². The van der Waals surface area contributed by atoms with Gasteiger partial charge in [-0.1, -0.05) is 6.07 Å². The quantitative estimate of drug-likeness (QED) is 0.804. The topological polar surface area (TPSA) is 46.3 Å². The number of piperidine rings is 1. The van der Waals surface area contributed by atoms with Gasteiger partial charge in [-0.2, -0.15) is 0 Å². The maximum atomic E-state index is 9.65. The number of thiophene rings is 1. The molecule has 3 rings (SSSR count). The molecule has 1 aromatic heterocycles. The number of aliphatic hydroxyl groups excluding tert-OH is 1. The first-order valence-electron chi connectivity index (χ1n) is 8.49. The molecule has 6 heteroatoms. The Bertz CT molecular complexity index is 830. The molecule has 1 aliphatic heterocycles. The minimum atomic E-state index is -0.177. The van der Waals surface area contributed by atoms with Crippen molar-refractivity contribution in [3.8, 4) is 11.5 Å². The molecule has 2 heterocycles. The number of aliphatic hydroxyl groups is 1. The minimum Gasteiger partial charge on any atom is -0.493 e. The third-order valence-corrected chi connectivity index (χ3v) is 5.56. The molecule has 0 bridgehead atoms. The summed E-state index contributed by atoms with van der Waals surface area (Å²) in [5.74, 6) is 1.25. The molecule has 1 fully saturated rings.